The molecule has 3 heteroatoms. The fourth-order valence-corrected chi connectivity index (χ4v) is 3.06. The van der Waals surface area contributed by atoms with E-state index in [9.17, 15) is 0 Å². The summed E-state index contributed by atoms with van der Waals surface area (Å²) in [6.07, 6.45) is 8.08. The van der Waals surface area contributed by atoms with Crippen LogP contribution in [0.3, 0.4) is 0 Å². The second-order valence-electron chi connectivity index (χ2n) is 5.52. The van der Waals surface area contributed by atoms with Crippen molar-refractivity contribution in [2.45, 2.75) is 50.7 Å². The molecule has 0 aromatic heterocycles. The maximum absolute atomic E-state index is 5.94. The third-order valence-corrected chi connectivity index (χ3v) is 4.28. The smallest absolute Gasteiger partial charge is 0.0595 e. The van der Waals surface area contributed by atoms with Gasteiger partial charge in [0.25, 0.3) is 0 Å². The van der Waals surface area contributed by atoms with E-state index in [1.54, 1.807) is 0 Å². The Hall–Kier alpha value is -0.120. The molecule has 2 N–H and O–H groups in total. The number of hydrogen-bond donors (Lipinski definition) is 1. The van der Waals surface area contributed by atoms with Crippen molar-refractivity contribution in [1.82, 2.24) is 4.90 Å². The van der Waals surface area contributed by atoms with E-state index in [-0.39, 0.29) is 0 Å². The Morgan fingerprint density at radius 3 is 2.25 bits per heavy atom. The number of hydrogen-bond acceptors (Lipinski definition) is 3. The summed E-state index contributed by atoms with van der Waals surface area (Å²) in [5, 5.41) is 0. The van der Waals surface area contributed by atoms with Gasteiger partial charge in [-0.2, -0.15) is 0 Å². The summed E-state index contributed by atoms with van der Waals surface area (Å²) in [4.78, 5) is 2.62. The molecule has 0 spiro atoms. The van der Waals surface area contributed by atoms with Gasteiger partial charge in [0, 0.05) is 32.8 Å². The first-order valence-corrected chi connectivity index (χ1v) is 6.78. The van der Waals surface area contributed by atoms with E-state index in [1.807, 2.05) is 7.11 Å². The molecular formula is C13H26N2O. The maximum Gasteiger partial charge on any atom is 0.0595 e. The zero-order valence-electron chi connectivity index (χ0n) is 10.5. The summed E-state index contributed by atoms with van der Waals surface area (Å²) < 4.78 is 5.40. The summed E-state index contributed by atoms with van der Waals surface area (Å²) >= 11 is 0. The highest BCUT2D eigenvalue weighted by Gasteiger charge is 2.24. The van der Waals surface area contributed by atoms with Crippen LogP contribution in [-0.2, 0) is 4.74 Å². The highest BCUT2D eigenvalue weighted by Crippen LogP contribution is 2.25. The molecule has 2 fully saturated rings. The first-order chi connectivity index (χ1) is 7.78. The van der Waals surface area contributed by atoms with E-state index >= 15 is 0 Å². The van der Waals surface area contributed by atoms with Gasteiger partial charge in [0.2, 0.25) is 0 Å². The number of nitrogens with zero attached hydrogens (tertiary/aromatic N) is 1. The molecule has 1 aliphatic heterocycles. The van der Waals surface area contributed by atoms with Crippen molar-refractivity contribution in [2.24, 2.45) is 11.7 Å². The quantitative estimate of drug-likeness (QED) is 0.794. The van der Waals surface area contributed by atoms with Crippen LogP contribution < -0.4 is 5.73 Å². The number of piperidine rings is 1. The SMILES string of the molecule is COC1CCN(CC2CCC(N)CC2)CC1. The predicted octanol–water partition coefficient (Wildman–Crippen LogP) is 1.61. The summed E-state index contributed by atoms with van der Waals surface area (Å²) in [6.45, 7) is 3.74. The Morgan fingerprint density at radius 2 is 1.69 bits per heavy atom. The van der Waals surface area contributed by atoms with Gasteiger partial charge in [-0.3, -0.25) is 0 Å². The number of rotatable bonds is 3. The fourth-order valence-electron chi connectivity index (χ4n) is 3.06. The molecule has 1 saturated heterocycles. The maximum atomic E-state index is 5.94. The number of ether oxygens (including phenoxy) is 1. The lowest BCUT2D eigenvalue weighted by Gasteiger charge is -2.35. The molecule has 0 amide bonds. The van der Waals surface area contributed by atoms with Crippen molar-refractivity contribution in [1.29, 1.82) is 0 Å². The van der Waals surface area contributed by atoms with Crippen molar-refractivity contribution in [2.75, 3.05) is 26.7 Å². The van der Waals surface area contributed by atoms with E-state index in [0.717, 1.165) is 5.92 Å². The van der Waals surface area contributed by atoms with Crippen LogP contribution in [0, 0.1) is 5.92 Å². The normalized spacial score (nSPS) is 34.1. The topological polar surface area (TPSA) is 38.5 Å². The second kappa shape index (κ2) is 5.99. The Labute approximate surface area is 99.3 Å². The van der Waals surface area contributed by atoms with Gasteiger partial charge in [0.05, 0.1) is 6.10 Å². The van der Waals surface area contributed by atoms with Gasteiger partial charge < -0.3 is 15.4 Å². The number of methoxy groups -OCH3 is 1. The highest BCUT2D eigenvalue weighted by molar-refractivity contribution is 4.79. The first kappa shape index (κ1) is 12.3. The van der Waals surface area contributed by atoms with Crippen molar-refractivity contribution in [3.05, 3.63) is 0 Å². The fraction of sp³-hybridized carbons (Fsp3) is 1.00. The van der Waals surface area contributed by atoms with Crippen molar-refractivity contribution >= 4 is 0 Å². The molecule has 0 radical (unpaired) electrons. The van der Waals surface area contributed by atoms with Gasteiger partial charge in [-0.25, -0.2) is 0 Å². The zero-order chi connectivity index (χ0) is 11.4. The third-order valence-electron chi connectivity index (χ3n) is 4.28. The number of nitrogens with two attached hydrogens (primary N) is 1. The van der Waals surface area contributed by atoms with Crippen LogP contribution in [0.4, 0.5) is 0 Å². The molecule has 0 atom stereocenters. The van der Waals surface area contributed by atoms with Crippen molar-refractivity contribution in [3.8, 4) is 0 Å². The van der Waals surface area contributed by atoms with Gasteiger partial charge in [0.15, 0.2) is 0 Å². The van der Waals surface area contributed by atoms with E-state index in [4.69, 9.17) is 10.5 Å². The molecule has 3 nitrogen and oxygen atoms in total. The van der Waals surface area contributed by atoms with Gasteiger partial charge in [-0.05, 0) is 44.4 Å². The summed E-state index contributed by atoms with van der Waals surface area (Å²) in [7, 11) is 1.84. The molecule has 0 aromatic carbocycles. The van der Waals surface area contributed by atoms with E-state index in [2.05, 4.69) is 4.90 Å². The molecule has 2 aliphatic rings. The van der Waals surface area contributed by atoms with Gasteiger partial charge >= 0.3 is 0 Å². The molecule has 1 heterocycles. The lowest BCUT2D eigenvalue weighted by atomic mass is 9.86. The van der Waals surface area contributed by atoms with Gasteiger partial charge in [-0.1, -0.05) is 0 Å². The Kier molecular flexibility index (Phi) is 4.62. The average Bonchev–Trinajstić information content (AvgIpc) is 2.33. The van der Waals surface area contributed by atoms with Crippen LogP contribution in [0.2, 0.25) is 0 Å². The molecule has 1 saturated carbocycles. The lowest BCUT2D eigenvalue weighted by Crippen LogP contribution is -2.40. The van der Waals surface area contributed by atoms with Gasteiger partial charge in [-0.15, -0.1) is 0 Å². The highest BCUT2D eigenvalue weighted by atomic mass is 16.5. The lowest BCUT2D eigenvalue weighted by molar-refractivity contribution is 0.0343. The molecule has 1 aliphatic carbocycles. The van der Waals surface area contributed by atoms with Crippen LogP contribution in [0.15, 0.2) is 0 Å². The Bertz CT molecular complexity index is 194. The Balaban J connectivity index is 1.66. The Morgan fingerprint density at radius 1 is 1.06 bits per heavy atom. The van der Waals surface area contributed by atoms with Crippen LogP contribution in [0.1, 0.15) is 38.5 Å². The molecule has 0 unspecified atom stereocenters. The summed E-state index contributed by atoms with van der Waals surface area (Å²) in [6, 6.07) is 0.482. The summed E-state index contributed by atoms with van der Waals surface area (Å²) in [5.41, 5.74) is 5.94. The predicted molar refractivity (Wildman–Crippen MR) is 66.4 cm³/mol. The standard InChI is InChI=1S/C13H26N2O/c1-16-13-6-8-15(9-7-13)10-11-2-4-12(14)5-3-11/h11-13H,2-10,14H2,1H3. The second-order valence-corrected chi connectivity index (χ2v) is 5.52. The van der Waals surface area contributed by atoms with Crippen molar-refractivity contribution < 1.29 is 4.74 Å². The average molecular weight is 226 g/mol. The largest absolute Gasteiger partial charge is 0.381 e. The first-order valence-electron chi connectivity index (χ1n) is 6.78. The zero-order valence-corrected chi connectivity index (χ0v) is 10.5. The molecule has 0 bridgehead atoms. The third kappa shape index (κ3) is 3.44. The minimum Gasteiger partial charge on any atom is -0.381 e. The minimum absolute atomic E-state index is 0.482. The molecule has 94 valence electrons. The van der Waals surface area contributed by atoms with E-state index in [0.29, 0.717) is 12.1 Å². The van der Waals surface area contributed by atoms with Crippen LogP contribution >= 0.6 is 0 Å². The van der Waals surface area contributed by atoms with Crippen molar-refractivity contribution in [3.63, 3.8) is 0 Å². The van der Waals surface area contributed by atoms with Crippen LogP contribution in [-0.4, -0.2) is 43.8 Å². The van der Waals surface area contributed by atoms with E-state index in [1.165, 1.54) is 58.2 Å². The van der Waals surface area contributed by atoms with Gasteiger partial charge in [0.1, 0.15) is 0 Å². The van der Waals surface area contributed by atoms with Crippen LogP contribution in [0.5, 0.6) is 0 Å². The molecule has 2 rings (SSSR count). The number of likely N-dealkylation sites (tertiary alicyclic amines) is 1. The monoisotopic (exact) mass is 226 g/mol. The molecule has 16 heavy (non-hydrogen) atoms. The molecular weight excluding hydrogens is 200 g/mol. The molecule has 0 aromatic rings. The summed E-state index contributed by atoms with van der Waals surface area (Å²) in [5.74, 6) is 0.902. The van der Waals surface area contributed by atoms with Crippen LogP contribution in [0.25, 0.3) is 0 Å². The minimum atomic E-state index is 0.482. The van der Waals surface area contributed by atoms with E-state index < -0.39 is 0 Å².